The highest BCUT2D eigenvalue weighted by atomic mass is 79.9. The average molecular weight is 477 g/mol. The van der Waals surface area contributed by atoms with Gasteiger partial charge in [0.15, 0.2) is 0 Å². The minimum Gasteiger partial charge on any atom is -0.423 e. The highest BCUT2D eigenvalue weighted by Crippen LogP contribution is 2.32. The highest BCUT2D eigenvalue weighted by molar-refractivity contribution is 9.10. The minimum absolute atomic E-state index is 0.0302. The molecule has 0 bridgehead atoms. The Labute approximate surface area is 185 Å². The molecular weight excluding hydrogens is 460 g/mol. The van der Waals surface area contributed by atoms with Gasteiger partial charge in [0.2, 0.25) is 0 Å². The summed E-state index contributed by atoms with van der Waals surface area (Å²) < 4.78 is 6.03. The summed E-state index contributed by atoms with van der Waals surface area (Å²) in [5.41, 5.74) is -0.0936. The van der Waals surface area contributed by atoms with Crippen molar-refractivity contribution >= 4 is 49.6 Å². The number of nitrogens with one attached hydrogen (secondary N) is 1. The van der Waals surface area contributed by atoms with Crippen molar-refractivity contribution in [1.82, 2.24) is 10.2 Å². The summed E-state index contributed by atoms with van der Waals surface area (Å²) in [5, 5.41) is 5.54. The van der Waals surface area contributed by atoms with Gasteiger partial charge >= 0.3 is 11.7 Å². The Bertz CT molecular complexity index is 1440. The third-order valence-corrected chi connectivity index (χ3v) is 6.22. The van der Waals surface area contributed by atoms with Gasteiger partial charge in [0.05, 0.1) is 6.54 Å². The van der Waals surface area contributed by atoms with Crippen molar-refractivity contribution in [1.29, 1.82) is 0 Å². The van der Waals surface area contributed by atoms with Crippen LogP contribution in [0.4, 0.5) is 4.79 Å². The second-order valence-electron chi connectivity index (χ2n) is 7.74. The van der Waals surface area contributed by atoms with E-state index in [1.807, 2.05) is 48.5 Å². The fourth-order valence-corrected chi connectivity index (χ4v) is 4.38. The number of benzene rings is 3. The highest BCUT2D eigenvalue weighted by Gasteiger charge is 2.49. The third-order valence-electron chi connectivity index (χ3n) is 5.72. The smallest absolute Gasteiger partial charge is 0.336 e. The number of amides is 3. The normalized spacial score (nSPS) is 18.7. The number of halogens is 1. The van der Waals surface area contributed by atoms with E-state index in [1.54, 1.807) is 19.1 Å². The molecule has 1 aromatic heterocycles. The molecule has 3 amide bonds. The molecule has 2 heterocycles. The number of rotatable bonds is 3. The molecule has 0 aliphatic carbocycles. The van der Waals surface area contributed by atoms with Crippen LogP contribution in [-0.4, -0.2) is 16.8 Å². The number of nitrogens with zero attached hydrogens (tertiary/aromatic N) is 1. The number of imide groups is 1. The lowest BCUT2D eigenvalue weighted by Crippen LogP contribution is -2.40. The fourth-order valence-electron chi connectivity index (χ4n) is 4.04. The molecule has 0 radical (unpaired) electrons. The maximum atomic E-state index is 13.4. The summed E-state index contributed by atoms with van der Waals surface area (Å²) in [6, 6.07) is 19.7. The van der Waals surface area contributed by atoms with Crippen LogP contribution in [-0.2, 0) is 16.9 Å². The van der Waals surface area contributed by atoms with Gasteiger partial charge in [0.1, 0.15) is 11.1 Å². The van der Waals surface area contributed by atoms with E-state index in [1.165, 1.54) is 6.07 Å². The predicted octanol–water partition coefficient (Wildman–Crippen LogP) is 4.68. The first-order valence-corrected chi connectivity index (χ1v) is 10.5. The molecule has 1 unspecified atom stereocenters. The van der Waals surface area contributed by atoms with Gasteiger partial charge in [-0.15, -0.1) is 0 Å². The molecule has 1 aliphatic heterocycles. The number of carbonyl (C=O) groups is 2. The van der Waals surface area contributed by atoms with E-state index in [9.17, 15) is 14.4 Å². The maximum Gasteiger partial charge on any atom is 0.336 e. The fraction of sp³-hybridized carbons (Fsp3) is 0.125. The Morgan fingerprint density at radius 3 is 2.55 bits per heavy atom. The molecule has 4 aromatic rings. The number of carbonyl (C=O) groups excluding carboxylic acids is 2. The summed E-state index contributed by atoms with van der Waals surface area (Å²) >= 11 is 3.36. The second-order valence-corrected chi connectivity index (χ2v) is 8.66. The molecule has 154 valence electrons. The topological polar surface area (TPSA) is 79.6 Å². The van der Waals surface area contributed by atoms with Crippen LogP contribution in [0.3, 0.4) is 0 Å². The molecule has 7 heteroatoms. The Balaban J connectivity index is 1.53. The largest absolute Gasteiger partial charge is 0.423 e. The molecule has 0 saturated carbocycles. The van der Waals surface area contributed by atoms with Crippen LogP contribution in [0.1, 0.15) is 18.1 Å². The van der Waals surface area contributed by atoms with Gasteiger partial charge in [0, 0.05) is 15.9 Å². The zero-order valence-electron chi connectivity index (χ0n) is 16.5. The molecule has 31 heavy (non-hydrogen) atoms. The monoisotopic (exact) mass is 476 g/mol. The van der Waals surface area contributed by atoms with Gasteiger partial charge in [-0.2, -0.15) is 0 Å². The average Bonchev–Trinajstić information content (AvgIpc) is 2.97. The second kappa shape index (κ2) is 7.06. The van der Waals surface area contributed by atoms with Gasteiger partial charge in [-0.3, -0.25) is 9.69 Å². The minimum atomic E-state index is -1.20. The molecule has 1 fully saturated rings. The first-order chi connectivity index (χ1) is 14.8. The zero-order chi connectivity index (χ0) is 21.8. The van der Waals surface area contributed by atoms with Gasteiger partial charge in [-0.25, -0.2) is 9.59 Å². The van der Waals surface area contributed by atoms with E-state index in [0.717, 1.165) is 20.1 Å². The lowest BCUT2D eigenvalue weighted by Gasteiger charge is -2.23. The molecule has 0 spiro atoms. The van der Waals surface area contributed by atoms with E-state index in [0.29, 0.717) is 22.1 Å². The van der Waals surface area contributed by atoms with Gasteiger partial charge in [0.25, 0.3) is 5.91 Å². The van der Waals surface area contributed by atoms with Crippen molar-refractivity contribution in [2.45, 2.75) is 19.0 Å². The predicted molar refractivity (Wildman–Crippen MR) is 121 cm³/mol. The summed E-state index contributed by atoms with van der Waals surface area (Å²) in [7, 11) is 0. The Morgan fingerprint density at radius 2 is 1.74 bits per heavy atom. The van der Waals surface area contributed by atoms with Crippen LogP contribution in [0.5, 0.6) is 0 Å². The Kier molecular flexibility index (Phi) is 4.44. The van der Waals surface area contributed by atoms with Crippen LogP contribution in [0, 0.1) is 0 Å². The van der Waals surface area contributed by atoms with Crippen molar-refractivity contribution in [3.63, 3.8) is 0 Å². The van der Waals surface area contributed by atoms with E-state index in [2.05, 4.69) is 21.2 Å². The van der Waals surface area contributed by atoms with Crippen LogP contribution in [0.25, 0.3) is 21.7 Å². The number of urea groups is 1. The Hall–Kier alpha value is -3.45. The quantitative estimate of drug-likeness (QED) is 0.344. The van der Waals surface area contributed by atoms with Gasteiger partial charge in [-0.1, -0.05) is 52.3 Å². The van der Waals surface area contributed by atoms with Crippen LogP contribution >= 0.6 is 15.9 Å². The number of hydrogen-bond acceptors (Lipinski definition) is 4. The summed E-state index contributed by atoms with van der Waals surface area (Å²) in [6.07, 6.45) is 0. The molecule has 1 atom stereocenters. The van der Waals surface area contributed by atoms with E-state index in [-0.39, 0.29) is 12.5 Å². The van der Waals surface area contributed by atoms with E-state index >= 15 is 0 Å². The molecule has 5 rings (SSSR count). The zero-order valence-corrected chi connectivity index (χ0v) is 18.1. The molecule has 3 aromatic carbocycles. The molecule has 1 aliphatic rings. The van der Waals surface area contributed by atoms with Crippen molar-refractivity contribution < 1.29 is 14.0 Å². The first kappa shape index (κ1) is 19.5. The van der Waals surface area contributed by atoms with Gasteiger partial charge < -0.3 is 9.73 Å². The van der Waals surface area contributed by atoms with Crippen molar-refractivity contribution in [2.75, 3.05) is 0 Å². The standard InChI is InChI=1S/C24H17BrN2O4/c1-24(17-7-6-14-4-2-3-5-15(14)10-17)22(29)27(23(30)26-24)13-16-11-21(28)31-20-12-18(25)8-9-19(16)20/h2-12H,13H2,1H3,(H,26,30). The number of hydrogen-bond donors (Lipinski definition) is 1. The van der Waals surface area contributed by atoms with E-state index in [4.69, 9.17) is 4.42 Å². The molecule has 6 nitrogen and oxygen atoms in total. The Morgan fingerprint density at radius 1 is 0.968 bits per heavy atom. The molecule has 1 saturated heterocycles. The maximum absolute atomic E-state index is 13.4. The SMILES string of the molecule is CC1(c2ccc3ccccc3c2)NC(=O)N(Cc2cc(=O)oc3cc(Br)ccc23)C1=O. The van der Waals surface area contributed by atoms with Crippen LogP contribution in [0.2, 0.25) is 0 Å². The van der Waals surface area contributed by atoms with E-state index < -0.39 is 17.2 Å². The number of fused-ring (bicyclic) bond motifs is 2. The molecular formula is C24H17BrN2O4. The van der Waals surface area contributed by atoms with Crippen LogP contribution < -0.4 is 10.9 Å². The van der Waals surface area contributed by atoms with Crippen molar-refractivity contribution in [3.8, 4) is 0 Å². The summed E-state index contributed by atoms with van der Waals surface area (Å²) in [5.74, 6) is -0.369. The summed E-state index contributed by atoms with van der Waals surface area (Å²) in [6.45, 7) is 1.67. The van der Waals surface area contributed by atoms with Crippen LogP contribution in [0.15, 0.2) is 80.4 Å². The summed E-state index contributed by atoms with van der Waals surface area (Å²) in [4.78, 5) is 39.4. The van der Waals surface area contributed by atoms with Crippen molar-refractivity contribution in [3.05, 3.63) is 92.7 Å². The first-order valence-electron chi connectivity index (χ1n) is 9.71. The van der Waals surface area contributed by atoms with Gasteiger partial charge in [-0.05, 0) is 53.1 Å². The van der Waals surface area contributed by atoms with Crippen molar-refractivity contribution in [2.24, 2.45) is 0 Å². The lowest BCUT2D eigenvalue weighted by molar-refractivity contribution is -0.131. The molecule has 1 N–H and O–H groups in total. The third kappa shape index (κ3) is 3.21. The lowest BCUT2D eigenvalue weighted by atomic mass is 9.90.